The maximum Gasteiger partial charge on any atom is 0.471 e. The molecule has 0 fully saturated rings. The number of hydrogen-bond donors (Lipinski definition) is 1. The summed E-state index contributed by atoms with van der Waals surface area (Å²) < 4.78 is 73.1. The van der Waals surface area contributed by atoms with Gasteiger partial charge in [-0.05, 0) is 24.6 Å². The van der Waals surface area contributed by atoms with E-state index in [1.807, 2.05) is 0 Å². The molecule has 8 nitrogen and oxygen atoms in total. The number of nitrogens with zero attached hydrogens (tertiary/aromatic N) is 1. The van der Waals surface area contributed by atoms with Crippen LogP contribution in [0, 0.1) is 0 Å². The molecule has 1 aromatic heterocycles. The molecule has 2 heterocycles. The van der Waals surface area contributed by atoms with E-state index in [1.165, 1.54) is 17.4 Å². The van der Waals surface area contributed by atoms with Gasteiger partial charge in [-0.2, -0.15) is 13.2 Å². The molecule has 0 radical (unpaired) electrons. The number of thiophene rings is 1. The molecule has 3 rings (SSSR count). The first-order valence-corrected chi connectivity index (χ1v) is 12.6. The van der Waals surface area contributed by atoms with Crippen LogP contribution in [0.4, 0.5) is 18.2 Å². The van der Waals surface area contributed by atoms with E-state index < -0.39 is 39.6 Å². The normalized spacial score (nSPS) is 14.7. The summed E-state index contributed by atoms with van der Waals surface area (Å²) in [6.07, 6.45) is -4.06. The van der Waals surface area contributed by atoms with Gasteiger partial charge in [-0.15, -0.1) is 11.3 Å². The van der Waals surface area contributed by atoms with Crippen molar-refractivity contribution in [3.8, 4) is 11.5 Å². The predicted molar refractivity (Wildman–Crippen MR) is 115 cm³/mol. The fraction of sp³-hybridized carbons (Fsp3) is 0.400. The lowest BCUT2D eigenvalue weighted by Gasteiger charge is -2.28. The van der Waals surface area contributed by atoms with Crippen molar-refractivity contribution in [1.29, 1.82) is 0 Å². The van der Waals surface area contributed by atoms with E-state index in [0.29, 0.717) is 23.7 Å². The Bertz CT molecular complexity index is 1180. The fourth-order valence-electron chi connectivity index (χ4n) is 3.47. The van der Waals surface area contributed by atoms with E-state index in [-0.39, 0.29) is 22.7 Å². The molecule has 0 spiro atoms. The Balaban J connectivity index is 1.98. The third-order valence-corrected chi connectivity index (χ3v) is 6.77. The molecule has 2 aromatic rings. The van der Waals surface area contributed by atoms with E-state index in [2.05, 4.69) is 0 Å². The molecule has 0 bridgehead atoms. The zero-order valence-corrected chi connectivity index (χ0v) is 19.5. The highest BCUT2D eigenvalue weighted by atomic mass is 32.2. The number of alkyl halides is 3. The number of fused-ring (bicyclic) bond motifs is 1. The lowest BCUT2D eigenvalue weighted by Crippen LogP contribution is -2.34. The molecule has 2 amide bonds. The first-order valence-electron chi connectivity index (χ1n) is 9.63. The zero-order chi connectivity index (χ0) is 24.6. The van der Waals surface area contributed by atoms with Crippen molar-refractivity contribution < 1.29 is 40.7 Å². The van der Waals surface area contributed by atoms with Crippen LogP contribution in [-0.4, -0.2) is 57.0 Å². The van der Waals surface area contributed by atoms with Crippen LogP contribution < -0.4 is 14.8 Å². The summed E-state index contributed by atoms with van der Waals surface area (Å²) in [6.45, 7) is 1.92. The lowest BCUT2D eigenvalue weighted by atomic mass is 10.1. The topological polar surface area (TPSA) is 102 Å². The summed E-state index contributed by atoms with van der Waals surface area (Å²) >= 11 is 0.803. The van der Waals surface area contributed by atoms with Gasteiger partial charge < -0.3 is 19.7 Å². The molecular formula is C20H21F3N2O6S2. The SMILES string of the molecule is CCOc1cc([C@@H](CS(C)(=O)=O)N2Cc3c(csc3NC(=O)C(F)(F)F)C2=O)ccc1OC. The number of carbonyl (C=O) groups excluding carboxylic acids is 2. The van der Waals surface area contributed by atoms with Gasteiger partial charge in [-0.25, -0.2) is 8.42 Å². The maximum absolute atomic E-state index is 13.1. The molecule has 1 aliphatic rings. The molecule has 1 aromatic carbocycles. The minimum Gasteiger partial charge on any atom is -0.493 e. The number of rotatable bonds is 8. The van der Waals surface area contributed by atoms with Gasteiger partial charge in [0, 0.05) is 17.2 Å². The van der Waals surface area contributed by atoms with Crippen LogP contribution in [0.1, 0.15) is 34.5 Å². The van der Waals surface area contributed by atoms with E-state index in [1.54, 1.807) is 30.4 Å². The van der Waals surface area contributed by atoms with E-state index in [9.17, 15) is 31.2 Å². The molecule has 180 valence electrons. The highest BCUT2D eigenvalue weighted by molar-refractivity contribution is 7.90. The van der Waals surface area contributed by atoms with Crippen LogP contribution in [0.2, 0.25) is 0 Å². The minimum absolute atomic E-state index is 0.106. The summed E-state index contributed by atoms with van der Waals surface area (Å²) in [6, 6.07) is 3.81. The second kappa shape index (κ2) is 9.21. The molecule has 33 heavy (non-hydrogen) atoms. The van der Waals surface area contributed by atoms with Gasteiger partial charge >= 0.3 is 12.1 Å². The molecule has 0 saturated heterocycles. The average Bonchev–Trinajstić information content (AvgIpc) is 3.25. The predicted octanol–water partition coefficient (Wildman–Crippen LogP) is 3.40. The molecule has 13 heteroatoms. The number of ether oxygens (including phenoxy) is 2. The number of sulfone groups is 1. The Hall–Kier alpha value is -2.80. The van der Waals surface area contributed by atoms with E-state index in [4.69, 9.17) is 9.47 Å². The van der Waals surface area contributed by atoms with Crippen molar-refractivity contribution in [3.63, 3.8) is 0 Å². The summed E-state index contributed by atoms with van der Waals surface area (Å²) in [5, 5.41) is 3.03. The Morgan fingerprint density at radius 2 is 2.00 bits per heavy atom. The molecular weight excluding hydrogens is 485 g/mol. The van der Waals surface area contributed by atoms with Gasteiger partial charge in [-0.1, -0.05) is 6.07 Å². The molecule has 0 aliphatic carbocycles. The van der Waals surface area contributed by atoms with Gasteiger partial charge in [0.1, 0.15) is 14.8 Å². The Morgan fingerprint density at radius 3 is 2.58 bits per heavy atom. The van der Waals surface area contributed by atoms with Crippen molar-refractivity contribution in [2.45, 2.75) is 25.7 Å². The monoisotopic (exact) mass is 506 g/mol. The van der Waals surface area contributed by atoms with Crippen LogP contribution in [0.5, 0.6) is 11.5 Å². The van der Waals surface area contributed by atoms with Gasteiger partial charge in [-0.3, -0.25) is 9.59 Å². The van der Waals surface area contributed by atoms with Crippen molar-refractivity contribution in [3.05, 3.63) is 40.3 Å². The number of benzene rings is 1. The van der Waals surface area contributed by atoms with E-state index >= 15 is 0 Å². The molecule has 1 atom stereocenters. The van der Waals surface area contributed by atoms with Crippen LogP contribution >= 0.6 is 11.3 Å². The third-order valence-electron chi connectivity index (χ3n) is 4.91. The van der Waals surface area contributed by atoms with Gasteiger partial charge in [0.15, 0.2) is 11.5 Å². The molecule has 0 unspecified atom stereocenters. The smallest absolute Gasteiger partial charge is 0.471 e. The standard InChI is InChI=1S/C20H21F3N2O6S2/c1-4-31-16-7-11(5-6-15(16)30-2)14(10-33(3,28)29)25-8-12-13(18(25)26)9-32-17(12)24-19(27)20(21,22)23/h5-7,9,14H,4,8,10H2,1-3H3,(H,24,27)/t14-/m1/s1. The Kier molecular flexibility index (Phi) is 6.93. The highest BCUT2D eigenvalue weighted by Gasteiger charge is 2.42. The number of amides is 2. The summed E-state index contributed by atoms with van der Waals surface area (Å²) in [4.78, 5) is 25.7. The minimum atomic E-state index is -5.09. The molecule has 1 aliphatic heterocycles. The zero-order valence-electron chi connectivity index (χ0n) is 17.9. The van der Waals surface area contributed by atoms with Crippen molar-refractivity contribution >= 4 is 38.0 Å². The Morgan fingerprint density at radius 1 is 1.30 bits per heavy atom. The largest absolute Gasteiger partial charge is 0.493 e. The first-order chi connectivity index (χ1) is 15.4. The molecule has 1 N–H and O–H groups in total. The van der Waals surface area contributed by atoms with Crippen LogP contribution in [-0.2, 0) is 21.2 Å². The summed E-state index contributed by atoms with van der Waals surface area (Å²) in [5.74, 6) is -2.34. The summed E-state index contributed by atoms with van der Waals surface area (Å²) in [7, 11) is -2.13. The third kappa shape index (κ3) is 5.41. The van der Waals surface area contributed by atoms with Crippen molar-refractivity contribution in [1.82, 2.24) is 4.90 Å². The first kappa shape index (κ1) is 24.8. The maximum atomic E-state index is 13.1. The number of anilines is 1. The average molecular weight is 507 g/mol. The number of nitrogens with one attached hydrogen (secondary N) is 1. The quantitative estimate of drug-likeness (QED) is 0.589. The highest BCUT2D eigenvalue weighted by Crippen LogP contribution is 2.41. The number of hydrogen-bond acceptors (Lipinski definition) is 7. The van der Waals surface area contributed by atoms with Crippen LogP contribution in [0.15, 0.2) is 23.6 Å². The lowest BCUT2D eigenvalue weighted by molar-refractivity contribution is -0.167. The number of halogens is 3. The number of methoxy groups -OCH3 is 1. The second-order valence-electron chi connectivity index (χ2n) is 7.29. The Labute approximate surface area is 192 Å². The van der Waals surface area contributed by atoms with Crippen LogP contribution in [0.3, 0.4) is 0 Å². The number of carbonyl (C=O) groups is 2. The molecule has 0 saturated carbocycles. The van der Waals surface area contributed by atoms with E-state index in [0.717, 1.165) is 17.6 Å². The fourth-order valence-corrected chi connectivity index (χ4v) is 5.36. The van der Waals surface area contributed by atoms with Gasteiger partial charge in [0.05, 0.1) is 37.6 Å². The summed E-state index contributed by atoms with van der Waals surface area (Å²) in [5.41, 5.74) is 0.780. The second-order valence-corrected chi connectivity index (χ2v) is 10.4. The van der Waals surface area contributed by atoms with Gasteiger partial charge in [0.2, 0.25) is 0 Å². The van der Waals surface area contributed by atoms with Crippen molar-refractivity contribution in [2.75, 3.05) is 31.0 Å². The van der Waals surface area contributed by atoms with Crippen LogP contribution in [0.25, 0.3) is 0 Å². The van der Waals surface area contributed by atoms with Gasteiger partial charge in [0.25, 0.3) is 5.91 Å². The van der Waals surface area contributed by atoms with Crippen molar-refractivity contribution in [2.24, 2.45) is 0 Å².